The van der Waals surface area contributed by atoms with Crippen molar-refractivity contribution in [3.63, 3.8) is 0 Å². The van der Waals surface area contributed by atoms with Crippen molar-refractivity contribution in [3.05, 3.63) is 79.9 Å². The highest BCUT2D eigenvalue weighted by molar-refractivity contribution is 7.99. The third kappa shape index (κ3) is 4.39. The molecule has 2 heterocycles. The van der Waals surface area contributed by atoms with E-state index in [1.165, 1.54) is 27.7 Å². The summed E-state index contributed by atoms with van der Waals surface area (Å²) >= 11 is 14.8. The van der Waals surface area contributed by atoms with Gasteiger partial charge in [-0.05, 0) is 54.3 Å². The predicted octanol–water partition coefficient (Wildman–Crippen LogP) is 5.79. The van der Waals surface area contributed by atoms with Gasteiger partial charge in [0.05, 0.1) is 17.0 Å². The van der Waals surface area contributed by atoms with Gasteiger partial charge in [0.25, 0.3) is 5.56 Å². The van der Waals surface area contributed by atoms with Crippen LogP contribution in [0.15, 0.2) is 63.9 Å². The molecule has 2 aromatic heterocycles. The fourth-order valence-corrected chi connectivity index (χ4v) is 4.77. The largest absolute Gasteiger partial charge is 0.325 e. The monoisotopic (exact) mass is 475 g/mol. The Balaban J connectivity index is 1.63. The van der Waals surface area contributed by atoms with Gasteiger partial charge in [-0.25, -0.2) is 4.98 Å². The maximum Gasteiger partial charge on any atom is 0.276 e. The Kier molecular flexibility index (Phi) is 6.15. The van der Waals surface area contributed by atoms with Crippen LogP contribution in [0.25, 0.3) is 15.9 Å². The molecule has 0 saturated carbocycles. The number of aryl methyl sites for hydroxylation is 1. The van der Waals surface area contributed by atoms with Crippen molar-refractivity contribution in [2.24, 2.45) is 0 Å². The molecule has 9 heteroatoms. The molecule has 5 nitrogen and oxygen atoms in total. The van der Waals surface area contributed by atoms with E-state index in [-0.39, 0.29) is 17.2 Å². The maximum atomic E-state index is 13.1. The molecule has 0 aliphatic carbocycles. The number of thioether (sulfide) groups is 1. The van der Waals surface area contributed by atoms with Crippen LogP contribution in [0.4, 0.5) is 5.69 Å². The van der Waals surface area contributed by atoms with E-state index >= 15 is 0 Å². The number of fused-ring (bicyclic) bond motifs is 1. The lowest BCUT2D eigenvalue weighted by Crippen LogP contribution is -2.22. The van der Waals surface area contributed by atoms with Gasteiger partial charge in [-0.15, -0.1) is 11.3 Å². The van der Waals surface area contributed by atoms with Gasteiger partial charge in [0, 0.05) is 15.7 Å². The quantitative estimate of drug-likeness (QED) is 0.292. The Morgan fingerprint density at radius 3 is 2.80 bits per heavy atom. The molecule has 0 spiro atoms. The van der Waals surface area contributed by atoms with Crippen LogP contribution in [0.1, 0.15) is 5.56 Å². The van der Waals surface area contributed by atoms with Crippen LogP contribution in [0, 0.1) is 6.92 Å². The van der Waals surface area contributed by atoms with Crippen molar-refractivity contribution < 1.29 is 4.79 Å². The number of rotatable bonds is 5. The lowest BCUT2D eigenvalue weighted by Gasteiger charge is -2.12. The fourth-order valence-electron chi connectivity index (χ4n) is 2.83. The van der Waals surface area contributed by atoms with E-state index in [9.17, 15) is 9.59 Å². The molecule has 1 N–H and O–H groups in total. The Morgan fingerprint density at radius 1 is 1.20 bits per heavy atom. The molecule has 0 bridgehead atoms. The lowest BCUT2D eigenvalue weighted by atomic mass is 10.2. The van der Waals surface area contributed by atoms with E-state index in [1.54, 1.807) is 42.5 Å². The highest BCUT2D eigenvalue weighted by Crippen LogP contribution is 2.25. The van der Waals surface area contributed by atoms with E-state index in [0.29, 0.717) is 36.8 Å². The molecule has 0 atom stereocenters. The summed E-state index contributed by atoms with van der Waals surface area (Å²) in [5.74, 6) is -0.147. The molecule has 2 aromatic carbocycles. The van der Waals surface area contributed by atoms with E-state index < -0.39 is 0 Å². The van der Waals surface area contributed by atoms with Gasteiger partial charge >= 0.3 is 0 Å². The number of carbonyl (C=O) groups excluding carboxylic acids is 1. The standard InChI is InChI=1S/C21H15Cl2N3O2S2/c1-12-5-6-14(10-16(12)23)24-18(27)11-30-21-25-17-7-8-29-19(17)20(28)26(21)15-4-2-3-13(22)9-15/h2-10H,11H2,1H3,(H,24,27). The van der Waals surface area contributed by atoms with Crippen LogP contribution in [-0.2, 0) is 4.79 Å². The SMILES string of the molecule is Cc1ccc(NC(=O)CSc2nc3ccsc3c(=O)n2-c2cccc(Cl)c2)cc1Cl. The second-order valence-corrected chi connectivity index (χ2v) is 9.15. The molecule has 0 fully saturated rings. The van der Waals surface area contributed by atoms with Crippen LogP contribution >= 0.6 is 46.3 Å². The maximum absolute atomic E-state index is 13.1. The molecular weight excluding hydrogens is 461 g/mol. The minimum Gasteiger partial charge on any atom is -0.325 e. The highest BCUT2D eigenvalue weighted by Gasteiger charge is 2.16. The van der Waals surface area contributed by atoms with Crippen LogP contribution < -0.4 is 10.9 Å². The molecule has 4 rings (SSSR count). The topological polar surface area (TPSA) is 64.0 Å². The predicted molar refractivity (Wildman–Crippen MR) is 126 cm³/mol. The van der Waals surface area contributed by atoms with E-state index in [2.05, 4.69) is 10.3 Å². The summed E-state index contributed by atoms with van der Waals surface area (Å²) in [4.78, 5) is 30.2. The molecule has 1 amide bonds. The van der Waals surface area contributed by atoms with Crippen molar-refractivity contribution in [2.75, 3.05) is 11.1 Å². The van der Waals surface area contributed by atoms with E-state index in [4.69, 9.17) is 23.2 Å². The van der Waals surface area contributed by atoms with Crippen molar-refractivity contribution in [2.45, 2.75) is 12.1 Å². The number of nitrogens with zero attached hydrogens (tertiary/aromatic N) is 2. The van der Waals surface area contributed by atoms with Gasteiger partial charge in [0.1, 0.15) is 4.70 Å². The lowest BCUT2D eigenvalue weighted by molar-refractivity contribution is -0.113. The zero-order chi connectivity index (χ0) is 21.3. The average molecular weight is 476 g/mol. The number of anilines is 1. The van der Waals surface area contributed by atoms with Gasteiger partial charge in [0.15, 0.2) is 5.16 Å². The number of hydrogen-bond donors (Lipinski definition) is 1. The van der Waals surface area contributed by atoms with Gasteiger partial charge in [-0.3, -0.25) is 14.2 Å². The highest BCUT2D eigenvalue weighted by atomic mass is 35.5. The van der Waals surface area contributed by atoms with E-state index in [0.717, 1.165) is 5.56 Å². The molecule has 4 aromatic rings. The Bertz CT molecular complexity index is 1320. The third-order valence-corrected chi connectivity index (χ3v) is 6.78. The summed E-state index contributed by atoms with van der Waals surface area (Å²) in [5.41, 5.74) is 2.57. The first-order valence-electron chi connectivity index (χ1n) is 8.87. The van der Waals surface area contributed by atoms with Gasteiger partial charge in [-0.2, -0.15) is 0 Å². The number of aromatic nitrogens is 2. The van der Waals surface area contributed by atoms with E-state index in [1.807, 2.05) is 18.4 Å². The minimum atomic E-state index is -0.225. The summed E-state index contributed by atoms with van der Waals surface area (Å²) < 4.78 is 2.05. The van der Waals surface area contributed by atoms with Crippen LogP contribution in [0.2, 0.25) is 10.0 Å². The zero-order valence-corrected chi connectivity index (χ0v) is 18.8. The number of thiophene rings is 1. The second kappa shape index (κ2) is 8.81. The normalized spacial score (nSPS) is 11.0. The summed E-state index contributed by atoms with van der Waals surface area (Å²) in [6, 6.07) is 14.1. The molecule has 0 unspecified atom stereocenters. The van der Waals surface area contributed by atoms with Crippen molar-refractivity contribution in [1.82, 2.24) is 9.55 Å². The first kappa shape index (κ1) is 20.9. The zero-order valence-electron chi connectivity index (χ0n) is 15.7. The Morgan fingerprint density at radius 2 is 2.03 bits per heavy atom. The number of carbonyl (C=O) groups is 1. The molecule has 0 aliphatic heterocycles. The summed E-state index contributed by atoms with van der Waals surface area (Å²) in [6.45, 7) is 1.89. The van der Waals surface area contributed by atoms with Crippen molar-refractivity contribution in [3.8, 4) is 5.69 Å². The smallest absolute Gasteiger partial charge is 0.276 e. The van der Waals surface area contributed by atoms with Crippen molar-refractivity contribution >= 4 is 68.1 Å². The first-order valence-corrected chi connectivity index (χ1v) is 11.5. The molecule has 30 heavy (non-hydrogen) atoms. The Labute approximate surface area is 190 Å². The van der Waals surface area contributed by atoms with Gasteiger partial charge in [0.2, 0.25) is 5.91 Å². The molecule has 152 valence electrons. The molecular formula is C21H15Cl2N3O2S2. The second-order valence-electron chi connectivity index (χ2n) is 6.45. The van der Waals surface area contributed by atoms with Crippen LogP contribution in [-0.4, -0.2) is 21.2 Å². The average Bonchev–Trinajstić information content (AvgIpc) is 3.18. The van der Waals surface area contributed by atoms with Gasteiger partial charge < -0.3 is 5.32 Å². The number of hydrogen-bond acceptors (Lipinski definition) is 5. The third-order valence-electron chi connectivity index (χ3n) is 4.30. The fraction of sp³-hybridized carbons (Fsp3) is 0.0952. The minimum absolute atomic E-state index is 0.0775. The summed E-state index contributed by atoms with van der Waals surface area (Å²) in [5, 5.41) is 6.15. The van der Waals surface area contributed by atoms with Crippen LogP contribution in [0.3, 0.4) is 0 Å². The molecule has 0 radical (unpaired) electrons. The van der Waals surface area contributed by atoms with Crippen molar-refractivity contribution in [1.29, 1.82) is 0 Å². The first-order chi connectivity index (χ1) is 14.4. The number of halogens is 2. The van der Waals surface area contributed by atoms with Crippen LogP contribution in [0.5, 0.6) is 0 Å². The molecule has 0 aliphatic rings. The number of amides is 1. The molecule has 0 saturated heterocycles. The number of nitrogens with one attached hydrogen (secondary N) is 1. The summed E-state index contributed by atoms with van der Waals surface area (Å²) in [6.07, 6.45) is 0. The number of benzene rings is 2. The Hall–Kier alpha value is -2.32. The summed E-state index contributed by atoms with van der Waals surface area (Å²) in [7, 11) is 0. The van der Waals surface area contributed by atoms with Gasteiger partial charge in [-0.1, -0.05) is 47.1 Å².